The van der Waals surface area contributed by atoms with Crippen LogP contribution in [0.2, 0.25) is 5.02 Å². The zero-order valence-corrected chi connectivity index (χ0v) is 13.2. The summed E-state index contributed by atoms with van der Waals surface area (Å²) in [4.78, 5) is 12.3. The van der Waals surface area contributed by atoms with Gasteiger partial charge in [-0.05, 0) is 43.2 Å². The van der Waals surface area contributed by atoms with Crippen LogP contribution in [0.1, 0.15) is 27.0 Å². The minimum atomic E-state index is 0.0805. The first-order chi connectivity index (χ1) is 8.95. The first kappa shape index (κ1) is 14.3. The summed E-state index contributed by atoms with van der Waals surface area (Å²) in [6.45, 7) is 4.05. The van der Waals surface area contributed by atoms with Crippen molar-refractivity contribution in [1.82, 2.24) is 0 Å². The molecule has 1 nitrogen and oxygen atoms in total. The van der Waals surface area contributed by atoms with Crippen molar-refractivity contribution < 1.29 is 4.79 Å². The summed E-state index contributed by atoms with van der Waals surface area (Å²) in [5.74, 6) is 0.0805. The maximum Gasteiger partial charge on any atom is 0.167 e. The maximum atomic E-state index is 12.3. The molecule has 0 saturated heterocycles. The van der Waals surface area contributed by atoms with Crippen LogP contribution < -0.4 is 0 Å². The van der Waals surface area contributed by atoms with Crippen molar-refractivity contribution in [3.8, 4) is 0 Å². The molecule has 0 amide bonds. The van der Waals surface area contributed by atoms with Gasteiger partial charge in [-0.3, -0.25) is 4.79 Å². The molecule has 0 fully saturated rings. The van der Waals surface area contributed by atoms with Crippen LogP contribution in [0.5, 0.6) is 0 Å². The molecule has 0 atom stereocenters. The number of rotatable bonds is 3. The molecule has 0 aliphatic carbocycles. The van der Waals surface area contributed by atoms with E-state index in [0.717, 1.165) is 15.6 Å². The molecular formula is C16H14BrClO. The molecule has 19 heavy (non-hydrogen) atoms. The molecule has 3 heteroatoms. The molecule has 0 spiro atoms. The number of halogens is 2. The summed E-state index contributed by atoms with van der Waals surface area (Å²) in [6.07, 6.45) is 0.403. The lowest BCUT2D eigenvalue weighted by Crippen LogP contribution is -2.05. The fraction of sp³-hybridized carbons (Fsp3) is 0.188. The Kier molecular flexibility index (Phi) is 4.43. The summed E-state index contributed by atoms with van der Waals surface area (Å²) in [5, 5.41) is 0.568. The number of carbonyl (C=O) groups excluding carboxylic acids is 1. The van der Waals surface area contributed by atoms with Gasteiger partial charge in [0, 0.05) is 21.5 Å². The van der Waals surface area contributed by atoms with Gasteiger partial charge in [0.05, 0.1) is 0 Å². The zero-order chi connectivity index (χ0) is 14.0. The summed E-state index contributed by atoms with van der Waals surface area (Å²) in [7, 11) is 0. The topological polar surface area (TPSA) is 17.1 Å². The van der Waals surface area contributed by atoms with Gasteiger partial charge in [0.25, 0.3) is 0 Å². The van der Waals surface area contributed by atoms with Crippen LogP contribution in [0.4, 0.5) is 0 Å². The van der Waals surface area contributed by atoms with E-state index < -0.39 is 0 Å². The predicted molar refractivity (Wildman–Crippen MR) is 83.1 cm³/mol. The average molecular weight is 338 g/mol. The van der Waals surface area contributed by atoms with Crippen LogP contribution in [0, 0.1) is 13.8 Å². The number of hydrogen-bond acceptors (Lipinski definition) is 1. The quantitative estimate of drug-likeness (QED) is 0.708. The van der Waals surface area contributed by atoms with Crippen molar-refractivity contribution in [2.24, 2.45) is 0 Å². The van der Waals surface area contributed by atoms with Gasteiger partial charge in [-0.1, -0.05) is 51.3 Å². The van der Waals surface area contributed by atoms with Gasteiger partial charge in [0.2, 0.25) is 0 Å². The number of benzene rings is 2. The molecule has 98 valence electrons. The highest BCUT2D eigenvalue weighted by atomic mass is 79.9. The highest BCUT2D eigenvalue weighted by Crippen LogP contribution is 2.21. The van der Waals surface area contributed by atoms with Crippen LogP contribution in [-0.2, 0) is 6.42 Å². The Labute approximate surface area is 126 Å². The summed E-state index contributed by atoms with van der Waals surface area (Å²) in [5.41, 5.74) is 4.02. The van der Waals surface area contributed by atoms with E-state index in [0.29, 0.717) is 17.0 Å². The van der Waals surface area contributed by atoms with Crippen LogP contribution in [0.15, 0.2) is 40.9 Å². The lowest BCUT2D eigenvalue weighted by atomic mass is 9.98. The van der Waals surface area contributed by atoms with E-state index in [1.807, 2.05) is 19.9 Å². The van der Waals surface area contributed by atoms with E-state index in [1.165, 1.54) is 5.56 Å². The zero-order valence-electron chi connectivity index (χ0n) is 10.8. The first-order valence-electron chi connectivity index (χ1n) is 6.01. The van der Waals surface area contributed by atoms with Crippen LogP contribution in [0.3, 0.4) is 0 Å². The van der Waals surface area contributed by atoms with Gasteiger partial charge in [-0.25, -0.2) is 0 Å². The Bertz CT molecular complexity index is 614. The molecule has 2 aromatic carbocycles. The average Bonchev–Trinajstić information content (AvgIpc) is 2.32. The van der Waals surface area contributed by atoms with E-state index in [-0.39, 0.29) is 5.78 Å². The number of hydrogen-bond donors (Lipinski definition) is 0. The fourth-order valence-corrected chi connectivity index (χ4v) is 2.84. The first-order valence-corrected chi connectivity index (χ1v) is 7.18. The minimum absolute atomic E-state index is 0.0805. The van der Waals surface area contributed by atoms with Gasteiger partial charge in [-0.2, -0.15) is 0 Å². The highest BCUT2D eigenvalue weighted by molar-refractivity contribution is 9.10. The van der Waals surface area contributed by atoms with Gasteiger partial charge in [0.15, 0.2) is 5.78 Å². The Morgan fingerprint density at radius 1 is 1.16 bits per heavy atom. The van der Waals surface area contributed by atoms with Gasteiger partial charge < -0.3 is 0 Å². The SMILES string of the molecule is Cc1ccc(C)c(CC(=O)c2cc(Cl)cc(Br)c2)c1. The standard InChI is InChI=1S/C16H14BrClO/c1-10-3-4-11(2)12(5-10)8-16(19)13-6-14(17)9-15(18)7-13/h3-7,9H,8H2,1-2H3. The van der Waals surface area contributed by atoms with Gasteiger partial charge >= 0.3 is 0 Å². The third-order valence-electron chi connectivity index (χ3n) is 3.04. The number of Topliss-reactive ketones (excluding diaryl/α,β-unsaturated/α-hetero) is 1. The Morgan fingerprint density at radius 3 is 2.58 bits per heavy atom. The Hall–Kier alpha value is -1.12. The minimum Gasteiger partial charge on any atom is -0.294 e. The molecule has 0 heterocycles. The highest BCUT2D eigenvalue weighted by Gasteiger charge is 2.10. The summed E-state index contributed by atoms with van der Waals surface area (Å²) < 4.78 is 0.823. The normalized spacial score (nSPS) is 10.5. The van der Waals surface area contributed by atoms with E-state index in [9.17, 15) is 4.79 Å². The molecule has 2 rings (SSSR count). The van der Waals surface area contributed by atoms with Crippen molar-refractivity contribution in [3.63, 3.8) is 0 Å². The van der Waals surface area contributed by atoms with Crippen molar-refractivity contribution in [2.75, 3.05) is 0 Å². The van der Waals surface area contributed by atoms with E-state index >= 15 is 0 Å². The summed E-state index contributed by atoms with van der Waals surface area (Å²) in [6, 6.07) is 11.5. The molecule has 0 radical (unpaired) electrons. The molecule has 0 N–H and O–H groups in total. The third kappa shape index (κ3) is 3.68. The fourth-order valence-electron chi connectivity index (χ4n) is 1.98. The van der Waals surface area contributed by atoms with E-state index in [4.69, 9.17) is 11.6 Å². The Morgan fingerprint density at radius 2 is 1.89 bits per heavy atom. The Balaban J connectivity index is 2.28. The smallest absolute Gasteiger partial charge is 0.167 e. The van der Waals surface area contributed by atoms with Crippen molar-refractivity contribution in [2.45, 2.75) is 20.3 Å². The largest absolute Gasteiger partial charge is 0.294 e. The molecule has 0 bridgehead atoms. The van der Waals surface area contributed by atoms with Crippen LogP contribution >= 0.6 is 27.5 Å². The lowest BCUT2D eigenvalue weighted by molar-refractivity contribution is 0.0992. The van der Waals surface area contributed by atoms with Crippen LogP contribution in [-0.4, -0.2) is 5.78 Å². The lowest BCUT2D eigenvalue weighted by Gasteiger charge is -2.07. The molecule has 2 aromatic rings. The van der Waals surface area contributed by atoms with Gasteiger partial charge in [0.1, 0.15) is 0 Å². The second-order valence-electron chi connectivity index (χ2n) is 4.69. The predicted octanol–water partition coefficient (Wildman–Crippen LogP) is 5.14. The second-order valence-corrected chi connectivity index (χ2v) is 6.04. The summed E-state index contributed by atoms with van der Waals surface area (Å²) >= 11 is 9.33. The van der Waals surface area contributed by atoms with E-state index in [2.05, 4.69) is 28.1 Å². The van der Waals surface area contributed by atoms with Crippen molar-refractivity contribution in [1.29, 1.82) is 0 Å². The molecule has 0 aliphatic heterocycles. The van der Waals surface area contributed by atoms with E-state index in [1.54, 1.807) is 18.2 Å². The molecule has 0 saturated carbocycles. The van der Waals surface area contributed by atoms with Crippen molar-refractivity contribution in [3.05, 3.63) is 68.1 Å². The second kappa shape index (κ2) is 5.89. The van der Waals surface area contributed by atoms with Crippen molar-refractivity contribution >= 4 is 33.3 Å². The molecular weight excluding hydrogens is 324 g/mol. The number of ketones is 1. The number of aryl methyl sites for hydroxylation is 2. The monoisotopic (exact) mass is 336 g/mol. The maximum absolute atomic E-state index is 12.3. The molecule has 0 unspecified atom stereocenters. The third-order valence-corrected chi connectivity index (χ3v) is 3.72. The van der Waals surface area contributed by atoms with Crippen LogP contribution in [0.25, 0.3) is 0 Å². The number of carbonyl (C=O) groups is 1. The van der Waals surface area contributed by atoms with Gasteiger partial charge in [-0.15, -0.1) is 0 Å². The molecule has 0 aliphatic rings. The molecule has 0 aromatic heterocycles.